The lowest BCUT2D eigenvalue weighted by Gasteiger charge is -2.08. The minimum atomic E-state index is -0.594. The highest BCUT2D eigenvalue weighted by atomic mass is 16.6. The van der Waals surface area contributed by atoms with Crippen molar-refractivity contribution >= 4 is 11.5 Å². The van der Waals surface area contributed by atoms with E-state index in [0.717, 1.165) is 6.20 Å². The number of anilines is 1. The quantitative estimate of drug-likeness (QED) is 0.568. The molecule has 1 unspecified atom stereocenters. The van der Waals surface area contributed by atoms with Gasteiger partial charge in [-0.15, -0.1) is 0 Å². The van der Waals surface area contributed by atoms with Gasteiger partial charge in [0, 0.05) is 18.7 Å². The predicted octanol–water partition coefficient (Wildman–Crippen LogP) is 0.621. The van der Waals surface area contributed by atoms with E-state index < -0.39 is 4.92 Å². The molecule has 84 valence electrons. The second-order valence-electron chi connectivity index (χ2n) is 3.32. The summed E-state index contributed by atoms with van der Waals surface area (Å²) in [6.45, 7) is 2.24. The highest BCUT2D eigenvalue weighted by Gasteiger charge is 2.11. The summed E-state index contributed by atoms with van der Waals surface area (Å²) < 4.78 is 0. The maximum atomic E-state index is 10.5. The first-order valence-electron chi connectivity index (χ1n) is 4.58. The highest BCUT2D eigenvalue weighted by molar-refractivity contribution is 5.55. The summed E-state index contributed by atoms with van der Waals surface area (Å²) in [6.07, 6.45) is 1.10. The Labute approximate surface area is 92.0 Å². The molecular formula is C9H11N5O2. The number of pyridine rings is 1. The van der Waals surface area contributed by atoms with E-state index in [1.165, 1.54) is 6.07 Å². The second-order valence-corrected chi connectivity index (χ2v) is 3.32. The molecule has 1 aromatic rings. The van der Waals surface area contributed by atoms with E-state index in [1.54, 1.807) is 6.92 Å². The van der Waals surface area contributed by atoms with Gasteiger partial charge in [0.2, 0.25) is 0 Å². The van der Waals surface area contributed by atoms with E-state index in [1.807, 2.05) is 6.07 Å². The molecule has 0 saturated carbocycles. The third-order valence-electron chi connectivity index (χ3n) is 1.80. The van der Waals surface area contributed by atoms with E-state index in [-0.39, 0.29) is 17.3 Å². The Balaban J connectivity index is 2.94. The minimum Gasteiger partial charge on any atom is -0.367 e. The molecule has 0 aliphatic heterocycles. The second kappa shape index (κ2) is 5.04. The van der Waals surface area contributed by atoms with Crippen LogP contribution in [0.25, 0.3) is 0 Å². The number of hydrogen-bond donors (Lipinski definition) is 2. The largest absolute Gasteiger partial charge is 0.367 e. The highest BCUT2D eigenvalue weighted by Crippen LogP contribution is 2.17. The average molecular weight is 221 g/mol. The third kappa shape index (κ3) is 2.90. The maximum Gasteiger partial charge on any atom is 0.289 e. The number of hydrogen-bond acceptors (Lipinski definition) is 6. The summed E-state index contributed by atoms with van der Waals surface area (Å²) in [5, 5.41) is 22.1. The van der Waals surface area contributed by atoms with Gasteiger partial charge in [-0.3, -0.25) is 10.1 Å². The van der Waals surface area contributed by atoms with E-state index in [4.69, 9.17) is 11.0 Å². The molecule has 1 heterocycles. The van der Waals surface area contributed by atoms with Crippen LogP contribution in [-0.4, -0.2) is 22.5 Å². The first-order chi connectivity index (χ1) is 7.54. The zero-order chi connectivity index (χ0) is 12.1. The molecule has 1 rings (SSSR count). The van der Waals surface area contributed by atoms with Crippen LogP contribution in [0.1, 0.15) is 12.5 Å². The van der Waals surface area contributed by atoms with Crippen LogP contribution >= 0.6 is 0 Å². The Morgan fingerprint density at radius 3 is 3.00 bits per heavy atom. The zero-order valence-corrected chi connectivity index (χ0v) is 8.67. The van der Waals surface area contributed by atoms with Crippen LogP contribution in [0.15, 0.2) is 12.3 Å². The van der Waals surface area contributed by atoms with Crippen LogP contribution in [0.3, 0.4) is 0 Å². The Bertz CT molecular complexity index is 438. The Hall–Kier alpha value is -2.20. The van der Waals surface area contributed by atoms with Crippen molar-refractivity contribution in [2.24, 2.45) is 5.73 Å². The average Bonchev–Trinajstić information content (AvgIpc) is 2.25. The fourth-order valence-electron chi connectivity index (χ4n) is 1.04. The summed E-state index contributed by atoms with van der Waals surface area (Å²) >= 11 is 0. The molecule has 16 heavy (non-hydrogen) atoms. The smallest absolute Gasteiger partial charge is 0.289 e. The predicted molar refractivity (Wildman–Crippen MR) is 57.7 cm³/mol. The van der Waals surface area contributed by atoms with Crippen molar-refractivity contribution in [2.45, 2.75) is 13.0 Å². The zero-order valence-electron chi connectivity index (χ0n) is 8.67. The number of aromatic nitrogens is 1. The first kappa shape index (κ1) is 11.9. The van der Waals surface area contributed by atoms with Crippen molar-refractivity contribution in [1.82, 2.24) is 4.98 Å². The van der Waals surface area contributed by atoms with Gasteiger partial charge < -0.3 is 11.1 Å². The summed E-state index contributed by atoms with van der Waals surface area (Å²) in [7, 11) is 0. The Morgan fingerprint density at radius 1 is 1.81 bits per heavy atom. The van der Waals surface area contributed by atoms with Crippen LogP contribution in [0.5, 0.6) is 0 Å². The van der Waals surface area contributed by atoms with Crippen molar-refractivity contribution in [3.8, 4) is 6.07 Å². The van der Waals surface area contributed by atoms with Gasteiger partial charge in [0.05, 0.1) is 4.92 Å². The SMILES string of the molecule is CC(N)CNc1ncc([N+](=O)[O-])cc1C#N. The summed E-state index contributed by atoms with van der Waals surface area (Å²) in [5.41, 5.74) is 5.46. The van der Waals surface area contributed by atoms with E-state index in [0.29, 0.717) is 12.4 Å². The van der Waals surface area contributed by atoms with Gasteiger partial charge in [-0.25, -0.2) is 4.98 Å². The van der Waals surface area contributed by atoms with Gasteiger partial charge in [-0.2, -0.15) is 5.26 Å². The van der Waals surface area contributed by atoms with Gasteiger partial charge >= 0.3 is 0 Å². The standard InChI is InChI=1S/C9H11N5O2/c1-6(11)4-12-9-7(3-10)2-8(5-13-9)14(15)16/h2,5-6H,4,11H2,1H3,(H,12,13). The fraction of sp³-hybridized carbons (Fsp3) is 0.333. The molecule has 3 N–H and O–H groups in total. The van der Waals surface area contributed by atoms with Crippen molar-refractivity contribution in [3.05, 3.63) is 27.9 Å². The molecule has 7 heteroatoms. The molecule has 0 bridgehead atoms. The van der Waals surface area contributed by atoms with Crippen molar-refractivity contribution in [3.63, 3.8) is 0 Å². The molecule has 7 nitrogen and oxygen atoms in total. The molecule has 0 spiro atoms. The van der Waals surface area contributed by atoms with E-state index >= 15 is 0 Å². The number of nitriles is 1. The molecule has 1 aromatic heterocycles. The number of rotatable bonds is 4. The lowest BCUT2D eigenvalue weighted by Crippen LogP contribution is -2.25. The van der Waals surface area contributed by atoms with Gasteiger partial charge in [-0.1, -0.05) is 0 Å². The van der Waals surface area contributed by atoms with Crippen molar-refractivity contribution in [1.29, 1.82) is 5.26 Å². The lowest BCUT2D eigenvalue weighted by molar-refractivity contribution is -0.385. The molecular weight excluding hydrogens is 210 g/mol. The molecule has 0 amide bonds. The molecule has 0 aliphatic rings. The van der Waals surface area contributed by atoms with Gasteiger partial charge in [0.25, 0.3) is 5.69 Å². The Kier molecular flexibility index (Phi) is 3.74. The van der Waals surface area contributed by atoms with Crippen LogP contribution in [0.2, 0.25) is 0 Å². The molecule has 0 fully saturated rings. The summed E-state index contributed by atoms with van der Waals surface area (Å²) in [4.78, 5) is 13.7. The number of nitrogens with zero attached hydrogens (tertiary/aromatic N) is 3. The minimum absolute atomic E-state index is 0.0939. The van der Waals surface area contributed by atoms with Crippen LogP contribution < -0.4 is 11.1 Å². The monoisotopic (exact) mass is 221 g/mol. The number of nitrogens with two attached hydrogens (primary N) is 1. The Morgan fingerprint density at radius 2 is 2.50 bits per heavy atom. The van der Waals surface area contributed by atoms with Crippen LogP contribution in [-0.2, 0) is 0 Å². The molecule has 0 saturated heterocycles. The van der Waals surface area contributed by atoms with Crippen molar-refractivity contribution in [2.75, 3.05) is 11.9 Å². The topological polar surface area (TPSA) is 118 Å². The van der Waals surface area contributed by atoms with E-state index in [2.05, 4.69) is 10.3 Å². The van der Waals surface area contributed by atoms with Gasteiger partial charge in [0.1, 0.15) is 23.6 Å². The number of nitrogens with one attached hydrogen (secondary N) is 1. The third-order valence-corrected chi connectivity index (χ3v) is 1.80. The lowest BCUT2D eigenvalue weighted by atomic mass is 10.2. The molecule has 1 atom stereocenters. The van der Waals surface area contributed by atoms with Gasteiger partial charge in [-0.05, 0) is 6.92 Å². The number of nitro groups is 1. The van der Waals surface area contributed by atoms with Crippen LogP contribution in [0, 0.1) is 21.4 Å². The fourth-order valence-corrected chi connectivity index (χ4v) is 1.04. The first-order valence-corrected chi connectivity index (χ1v) is 4.58. The molecule has 0 aromatic carbocycles. The van der Waals surface area contributed by atoms with E-state index in [9.17, 15) is 10.1 Å². The maximum absolute atomic E-state index is 10.5. The van der Waals surface area contributed by atoms with Crippen LogP contribution in [0.4, 0.5) is 11.5 Å². The normalized spacial score (nSPS) is 11.6. The van der Waals surface area contributed by atoms with Gasteiger partial charge in [0.15, 0.2) is 0 Å². The van der Waals surface area contributed by atoms with Crippen molar-refractivity contribution < 1.29 is 4.92 Å². The molecule has 0 radical (unpaired) electrons. The summed E-state index contributed by atoms with van der Waals surface area (Å²) in [5.74, 6) is 0.311. The summed E-state index contributed by atoms with van der Waals surface area (Å²) in [6, 6.07) is 2.93. The molecule has 0 aliphatic carbocycles.